The third-order valence-electron chi connectivity index (χ3n) is 2.37. The second kappa shape index (κ2) is 3.31. The molecular formula is C11H8FN3S. The third-order valence-corrected chi connectivity index (χ3v) is 3.25. The number of hydrogen-bond donors (Lipinski definition) is 1. The average molecular weight is 233 g/mol. The topological polar surface area (TPSA) is 43.3 Å². The Labute approximate surface area is 95.0 Å². The van der Waals surface area contributed by atoms with Crippen LogP contribution in [0.25, 0.3) is 16.2 Å². The minimum absolute atomic E-state index is 0.325. The lowest BCUT2D eigenvalue weighted by atomic mass is 10.3. The van der Waals surface area contributed by atoms with Gasteiger partial charge in [-0.05, 0) is 23.6 Å². The number of nitrogens with zero attached hydrogens (tertiary/aromatic N) is 2. The highest BCUT2D eigenvalue weighted by Crippen LogP contribution is 2.29. The van der Waals surface area contributed by atoms with Crippen LogP contribution in [0.2, 0.25) is 0 Å². The summed E-state index contributed by atoms with van der Waals surface area (Å²) in [6, 6.07) is 6.87. The molecule has 0 saturated carbocycles. The number of halogens is 1. The average Bonchev–Trinajstić information content (AvgIpc) is 2.87. The molecule has 80 valence electrons. The van der Waals surface area contributed by atoms with Gasteiger partial charge in [-0.1, -0.05) is 6.07 Å². The zero-order valence-electron chi connectivity index (χ0n) is 8.22. The Morgan fingerprint density at radius 3 is 2.94 bits per heavy atom. The van der Waals surface area contributed by atoms with Gasteiger partial charge in [0.1, 0.15) is 23.0 Å². The number of aromatic nitrogens is 2. The quantitative estimate of drug-likeness (QED) is 0.702. The molecule has 0 saturated heterocycles. The number of thiophene rings is 1. The summed E-state index contributed by atoms with van der Waals surface area (Å²) in [7, 11) is 0. The molecule has 3 aromatic rings. The number of fused-ring (bicyclic) bond motifs is 1. The smallest absolute Gasteiger partial charge is 0.140 e. The Morgan fingerprint density at radius 2 is 2.19 bits per heavy atom. The van der Waals surface area contributed by atoms with E-state index < -0.39 is 0 Å². The Kier molecular flexibility index (Phi) is 1.94. The molecule has 0 aliphatic carbocycles. The number of nitrogen functional groups attached to an aromatic ring is 1. The molecule has 3 aromatic heterocycles. The van der Waals surface area contributed by atoms with Crippen LogP contribution in [-0.2, 0) is 0 Å². The lowest BCUT2D eigenvalue weighted by Gasteiger charge is -1.96. The van der Waals surface area contributed by atoms with Crippen LogP contribution < -0.4 is 5.73 Å². The number of imidazole rings is 1. The fraction of sp³-hybridized carbons (Fsp3) is 0. The maximum absolute atomic E-state index is 13.1. The Hall–Kier alpha value is -1.88. The molecule has 0 fully saturated rings. The highest BCUT2D eigenvalue weighted by Gasteiger charge is 2.11. The largest absolute Gasteiger partial charge is 0.383 e. The second-order valence-corrected chi connectivity index (χ2v) is 4.35. The highest BCUT2D eigenvalue weighted by atomic mass is 32.1. The number of hydrogen-bond acceptors (Lipinski definition) is 3. The van der Waals surface area contributed by atoms with Crippen molar-refractivity contribution >= 4 is 22.8 Å². The van der Waals surface area contributed by atoms with Crippen LogP contribution in [0, 0.1) is 5.82 Å². The zero-order valence-corrected chi connectivity index (χ0v) is 9.04. The zero-order chi connectivity index (χ0) is 11.1. The van der Waals surface area contributed by atoms with Gasteiger partial charge in [0.15, 0.2) is 0 Å². The molecule has 16 heavy (non-hydrogen) atoms. The van der Waals surface area contributed by atoms with Gasteiger partial charge in [-0.25, -0.2) is 9.37 Å². The van der Waals surface area contributed by atoms with E-state index in [4.69, 9.17) is 5.73 Å². The normalized spacial score (nSPS) is 11.1. The van der Waals surface area contributed by atoms with Crippen LogP contribution in [0.4, 0.5) is 10.2 Å². The molecule has 0 spiro atoms. The van der Waals surface area contributed by atoms with Gasteiger partial charge < -0.3 is 5.73 Å². The molecule has 0 radical (unpaired) electrons. The van der Waals surface area contributed by atoms with Crippen molar-refractivity contribution in [3.63, 3.8) is 0 Å². The first-order valence-corrected chi connectivity index (χ1v) is 5.60. The van der Waals surface area contributed by atoms with Crippen LogP contribution in [0.15, 0.2) is 35.8 Å². The lowest BCUT2D eigenvalue weighted by molar-refractivity contribution is 0.619. The van der Waals surface area contributed by atoms with E-state index in [1.807, 2.05) is 17.5 Å². The minimum atomic E-state index is -0.325. The van der Waals surface area contributed by atoms with Crippen LogP contribution >= 0.6 is 11.3 Å². The van der Waals surface area contributed by atoms with Gasteiger partial charge in [0.05, 0.1) is 4.88 Å². The van der Waals surface area contributed by atoms with Crippen molar-refractivity contribution in [3.05, 3.63) is 41.7 Å². The summed E-state index contributed by atoms with van der Waals surface area (Å²) in [4.78, 5) is 5.37. The first kappa shape index (κ1) is 9.35. The van der Waals surface area contributed by atoms with E-state index >= 15 is 0 Å². The molecule has 0 aliphatic heterocycles. The summed E-state index contributed by atoms with van der Waals surface area (Å²) in [6.45, 7) is 0. The minimum Gasteiger partial charge on any atom is -0.383 e. The van der Waals surface area contributed by atoms with Crippen molar-refractivity contribution in [3.8, 4) is 10.6 Å². The van der Waals surface area contributed by atoms with Gasteiger partial charge in [0.25, 0.3) is 0 Å². The standard InChI is InChI=1S/C11H8FN3S/c12-7-3-4-9-14-10(8-2-1-5-16-8)11(13)15(9)6-7/h1-6H,13H2. The van der Waals surface area contributed by atoms with E-state index in [-0.39, 0.29) is 5.82 Å². The number of anilines is 1. The second-order valence-electron chi connectivity index (χ2n) is 3.40. The van der Waals surface area contributed by atoms with Crippen LogP contribution in [0.1, 0.15) is 0 Å². The van der Waals surface area contributed by atoms with E-state index in [1.54, 1.807) is 21.8 Å². The predicted octanol–water partition coefficient (Wildman–Crippen LogP) is 2.78. The summed E-state index contributed by atoms with van der Waals surface area (Å²) >= 11 is 1.56. The van der Waals surface area contributed by atoms with Gasteiger partial charge in [-0.15, -0.1) is 11.3 Å². The number of nitrogens with two attached hydrogens (primary N) is 1. The van der Waals surface area contributed by atoms with Crippen molar-refractivity contribution in [1.82, 2.24) is 9.38 Å². The fourth-order valence-corrected chi connectivity index (χ4v) is 2.35. The van der Waals surface area contributed by atoms with E-state index in [0.29, 0.717) is 17.2 Å². The van der Waals surface area contributed by atoms with Gasteiger partial charge in [-0.2, -0.15) is 0 Å². The molecule has 0 unspecified atom stereocenters. The maximum atomic E-state index is 13.1. The molecule has 0 amide bonds. The first-order chi connectivity index (χ1) is 7.75. The maximum Gasteiger partial charge on any atom is 0.140 e. The van der Waals surface area contributed by atoms with Gasteiger partial charge >= 0.3 is 0 Å². The van der Waals surface area contributed by atoms with Crippen LogP contribution in [0.3, 0.4) is 0 Å². The Morgan fingerprint density at radius 1 is 1.31 bits per heavy atom. The highest BCUT2D eigenvalue weighted by molar-refractivity contribution is 7.13. The number of rotatable bonds is 1. The summed E-state index contributed by atoms with van der Waals surface area (Å²) < 4.78 is 14.6. The summed E-state index contributed by atoms with van der Waals surface area (Å²) in [5.41, 5.74) is 7.30. The molecule has 0 bridgehead atoms. The lowest BCUT2D eigenvalue weighted by Crippen LogP contribution is -1.94. The number of pyridine rings is 1. The van der Waals surface area contributed by atoms with Crippen molar-refractivity contribution in [2.24, 2.45) is 0 Å². The van der Waals surface area contributed by atoms with Crippen molar-refractivity contribution in [2.45, 2.75) is 0 Å². The molecule has 3 rings (SSSR count). The monoisotopic (exact) mass is 233 g/mol. The summed E-state index contributed by atoms with van der Waals surface area (Å²) in [5, 5.41) is 1.96. The molecule has 0 aromatic carbocycles. The van der Waals surface area contributed by atoms with Gasteiger partial charge in [0, 0.05) is 6.20 Å². The molecular weight excluding hydrogens is 225 g/mol. The summed E-state index contributed by atoms with van der Waals surface area (Å²) in [5.74, 6) is 0.145. The molecule has 0 atom stereocenters. The van der Waals surface area contributed by atoms with E-state index in [2.05, 4.69) is 4.98 Å². The van der Waals surface area contributed by atoms with E-state index in [0.717, 1.165) is 4.88 Å². The van der Waals surface area contributed by atoms with Crippen LogP contribution in [-0.4, -0.2) is 9.38 Å². The Bertz CT molecular complexity index is 643. The molecule has 0 aliphatic rings. The van der Waals surface area contributed by atoms with Crippen molar-refractivity contribution < 1.29 is 4.39 Å². The molecule has 3 heterocycles. The van der Waals surface area contributed by atoms with Crippen molar-refractivity contribution in [1.29, 1.82) is 0 Å². The molecule has 2 N–H and O–H groups in total. The van der Waals surface area contributed by atoms with E-state index in [9.17, 15) is 4.39 Å². The first-order valence-electron chi connectivity index (χ1n) is 4.72. The SMILES string of the molecule is Nc1c(-c2cccs2)nc2ccc(F)cn12. The van der Waals surface area contributed by atoms with Gasteiger partial charge in [0.2, 0.25) is 0 Å². The third kappa shape index (κ3) is 1.29. The van der Waals surface area contributed by atoms with Gasteiger partial charge in [-0.3, -0.25) is 4.40 Å². The van der Waals surface area contributed by atoms with E-state index in [1.165, 1.54) is 12.3 Å². The summed E-state index contributed by atoms with van der Waals surface area (Å²) in [6.07, 6.45) is 1.34. The molecule has 3 nitrogen and oxygen atoms in total. The predicted molar refractivity (Wildman–Crippen MR) is 62.9 cm³/mol. The molecule has 5 heteroatoms. The Balaban J connectivity index is 2.32. The van der Waals surface area contributed by atoms with Crippen LogP contribution in [0.5, 0.6) is 0 Å². The van der Waals surface area contributed by atoms with Crippen molar-refractivity contribution in [2.75, 3.05) is 5.73 Å². The fourth-order valence-electron chi connectivity index (χ4n) is 1.63.